The Balaban J connectivity index is 1.68. The molecule has 0 bridgehead atoms. The summed E-state index contributed by atoms with van der Waals surface area (Å²) in [6, 6.07) is 25.6. The first-order valence-electron chi connectivity index (χ1n) is 10.5. The SMILES string of the molecule is CCC12C3c4ccccc4OC(=O)C31C(=O)N(c1ccccc1)C2(O)c1ccccc1. The first kappa shape index (κ1) is 18.3. The van der Waals surface area contributed by atoms with E-state index in [1.165, 1.54) is 4.90 Å². The highest BCUT2D eigenvalue weighted by Gasteiger charge is 2.98. The quantitative estimate of drug-likeness (QED) is 0.402. The summed E-state index contributed by atoms with van der Waals surface area (Å²) in [5, 5.41) is 12.6. The van der Waals surface area contributed by atoms with E-state index in [0.717, 1.165) is 5.56 Å². The minimum Gasteiger partial charge on any atom is -0.425 e. The van der Waals surface area contributed by atoms with Crippen LogP contribution in [0.3, 0.4) is 0 Å². The van der Waals surface area contributed by atoms with Crippen molar-refractivity contribution in [3.05, 3.63) is 96.1 Å². The molecule has 1 saturated heterocycles. The predicted molar refractivity (Wildman–Crippen MR) is 114 cm³/mol. The molecule has 1 aliphatic carbocycles. The fourth-order valence-corrected chi connectivity index (χ4v) is 6.39. The molecule has 1 N–H and O–H groups in total. The van der Waals surface area contributed by atoms with Crippen LogP contribution in [0.25, 0.3) is 0 Å². The molecule has 5 nitrogen and oxygen atoms in total. The summed E-state index contributed by atoms with van der Waals surface area (Å²) in [4.78, 5) is 29.0. The van der Waals surface area contributed by atoms with Gasteiger partial charge in [0.05, 0.1) is 5.41 Å². The predicted octanol–water partition coefficient (Wildman–Crippen LogP) is 3.98. The summed E-state index contributed by atoms with van der Waals surface area (Å²) in [5.41, 5.74) is -2.25. The van der Waals surface area contributed by atoms with Crippen LogP contribution in [0.4, 0.5) is 5.69 Å². The van der Waals surface area contributed by atoms with Gasteiger partial charge in [-0.1, -0.05) is 73.7 Å². The fourth-order valence-electron chi connectivity index (χ4n) is 6.39. The number of carbonyl (C=O) groups is 2. The van der Waals surface area contributed by atoms with E-state index in [0.29, 0.717) is 23.4 Å². The molecule has 0 aromatic heterocycles. The van der Waals surface area contributed by atoms with Crippen LogP contribution in [0.15, 0.2) is 84.9 Å². The van der Waals surface area contributed by atoms with E-state index in [9.17, 15) is 14.7 Å². The summed E-state index contributed by atoms with van der Waals surface area (Å²) in [5.74, 6) is -0.952. The molecule has 3 aromatic carbocycles. The highest BCUT2D eigenvalue weighted by molar-refractivity contribution is 6.21. The van der Waals surface area contributed by atoms with Crippen molar-refractivity contribution in [3.8, 4) is 5.75 Å². The minimum atomic E-state index is -1.71. The summed E-state index contributed by atoms with van der Waals surface area (Å²) in [6.07, 6.45) is 0.432. The molecule has 1 saturated carbocycles. The number of carbonyl (C=O) groups excluding carboxylic acids is 2. The van der Waals surface area contributed by atoms with E-state index in [4.69, 9.17) is 4.74 Å². The number of hydrogen-bond donors (Lipinski definition) is 1. The van der Waals surface area contributed by atoms with E-state index < -0.39 is 34.3 Å². The molecule has 3 aliphatic rings. The first-order valence-corrected chi connectivity index (χ1v) is 10.5. The van der Waals surface area contributed by atoms with Gasteiger partial charge >= 0.3 is 5.97 Å². The smallest absolute Gasteiger partial charge is 0.328 e. The molecule has 2 fully saturated rings. The molecular formula is C26H21NO4. The summed E-state index contributed by atoms with van der Waals surface area (Å²) < 4.78 is 5.70. The molecule has 1 amide bonds. The second kappa shape index (κ2) is 5.83. The van der Waals surface area contributed by atoms with Crippen LogP contribution in [0.2, 0.25) is 0 Å². The molecule has 5 heteroatoms. The molecule has 4 atom stereocenters. The van der Waals surface area contributed by atoms with Gasteiger partial charge in [0.1, 0.15) is 5.75 Å². The van der Waals surface area contributed by atoms with Crippen molar-refractivity contribution < 1.29 is 19.4 Å². The van der Waals surface area contributed by atoms with Gasteiger partial charge in [0.25, 0.3) is 0 Å². The van der Waals surface area contributed by atoms with Gasteiger partial charge in [0, 0.05) is 22.7 Å². The van der Waals surface area contributed by atoms with Crippen molar-refractivity contribution in [2.45, 2.75) is 25.0 Å². The number of aliphatic hydroxyl groups is 1. The third-order valence-electron chi connectivity index (χ3n) is 7.54. The Morgan fingerprint density at radius 3 is 2.19 bits per heavy atom. The van der Waals surface area contributed by atoms with Crippen LogP contribution < -0.4 is 9.64 Å². The van der Waals surface area contributed by atoms with Crippen molar-refractivity contribution in [2.75, 3.05) is 4.90 Å². The van der Waals surface area contributed by atoms with Crippen molar-refractivity contribution in [2.24, 2.45) is 10.8 Å². The number of benzene rings is 3. The van der Waals surface area contributed by atoms with Gasteiger partial charge < -0.3 is 9.84 Å². The lowest BCUT2D eigenvalue weighted by molar-refractivity contribution is -0.147. The topological polar surface area (TPSA) is 66.8 Å². The number of para-hydroxylation sites is 2. The molecule has 154 valence electrons. The highest BCUT2D eigenvalue weighted by Crippen LogP contribution is 2.88. The number of hydrogen-bond acceptors (Lipinski definition) is 4. The van der Waals surface area contributed by atoms with E-state index >= 15 is 0 Å². The van der Waals surface area contributed by atoms with E-state index in [-0.39, 0.29) is 0 Å². The fraction of sp³-hybridized carbons (Fsp3) is 0.231. The summed E-state index contributed by atoms with van der Waals surface area (Å²) >= 11 is 0. The zero-order valence-corrected chi connectivity index (χ0v) is 17.0. The zero-order valence-electron chi connectivity index (χ0n) is 17.0. The van der Waals surface area contributed by atoms with Crippen molar-refractivity contribution in [1.29, 1.82) is 0 Å². The first-order chi connectivity index (χ1) is 15.0. The average Bonchev–Trinajstić information content (AvgIpc) is 3.43. The van der Waals surface area contributed by atoms with Gasteiger partial charge in [0.2, 0.25) is 5.91 Å². The van der Waals surface area contributed by atoms with Crippen LogP contribution in [0, 0.1) is 10.8 Å². The van der Waals surface area contributed by atoms with Crippen molar-refractivity contribution >= 4 is 17.6 Å². The molecule has 2 aliphatic heterocycles. The Morgan fingerprint density at radius 2 is 1.52 bits per heavy atom. The number of amides is 1. The van der Waals surface area contributed by atoms with Gasteiger partial charge in [-0.05, 0) is 24.6 Å². The Labute approximate surface area is 179 Å². The number of anilines is 1. The maximum absolute atomic E-state index is 14.1. The van der Waals surface area contributed by atoms with Gasteiger partial charge in [0.15, 0.2) is 11.1 Å². The maximum Gasteiger partial charge on any atom is 0.328 e. The van der Waals surface area contributed by atoms with Gasteiger partial charge in [-0.15, -0.1) is 0 Å². The molecule has 0 radical (unpaired) electrons. The largest absolute Gasteiger partial charge is 0.425 e. The van der Waals surface area contributed by atoms with Crippen molar-refractivity contribution in [3.63, 3.8) is 0 Å². The Morgan fingerprint density at radius 1 is 0.903 bits per heavy atom. The number of piperidine rings is 1. The average molecular weight is 411 g/mol. The number of rotatable bonds is 3. The Bertz CT molecular complexity index is 1230. The van der Waals surface area contributed by atoms with Gasteiger partial charge in [-0.2, -0.15) is 0 Å². The number of esters is 1. The summed E-state index contributed by atoms with van der Waals surface area (Å²) in [7, 11) is 0. The van der Waals surface area contributed by atoms with Gasteiger partial charge in [-0.3, -0.25) is 14.5 Å². The van der Waals surface area contributed by atoms with E-state index in [1.807, 2.05) is 73.7 Å². The molecule has 3 aromatic rings. The standard InChI is InChI=1S/C26H21NO4/c1-2-24-21-19-15-9-10-16-20(19)31-23(29)25(21,24)22(28)27(18-13-7-4-8-14-18)26(24,30)17-11-5-3-6-12-17/h3-16,21,30H,2H2,1H3. The molecule has 6 rings (SSSR count). The second-order valence-electron chi connectivity index (χ2n) is 8.51. The van der Waals surface area contributed by atoms with Crippen LogP contribution in [0.5, 0.6) is 5.75 Å². The summed E-state index contributed by atoms with van der Waals surface area (Å²) in [6.45, 7) is 1.94. The number of fused-ring (bicyclic) bond motifs is 3. The Hall–Kier alpha value is -3.44. The number of nitrogens with zero attached hydrogens (tertiary/aromatic N) is 1. The third kappa shape index (κ3) is 1.79. The molecule has 1 spiro atoms. The number of ether oxygens (including phenoxy) is 1. The zero-order chi connectivity index (χ0) is 21.4. The second-order valence-corrected chi connectivity index (χ2v) is 8.51. The lowest BCUT2D eigenvalue weighted by atomic mass is 9.79. The Kier molecular flexibility index (Phi) is 3.45. The lowest BCUT2D eigenvalue weighted by Gasteiger charge is -2.42. The monoisotopic (exact) mass is 411 g/mol. The van der Waals surface area contributed by atoms with Crippen LogP contribution >= 0.6 is 0 Å². The van der Waals surface area contributed by atoms with Crippen LogP contribution in [-0.2, 0) is 15.3 Å². The third-order valence-corrected chi connectivity index (χ3v) is 7.54. The van der Waals surface area contributed by atoms with E-state index in [1.54, 1.807) is 18.2 Å². The van der Waals surface area contributed by atoms with Gasteiger partial charge in [-0.25, -0.2) is 0 Å². The van der Waals surface area contributed by atoms with Crippen molar-refractivity contribution in [1.82, 2.24) is 0 Å². The lowest BCUT2D eigenvalue weighted by Crippen LogP contribution is -2.52. The molecule has 2 heterocycles. The normalized spacial score (nSPS) is 32.7. The molecule has 31 heavy (non-hydrogen) atoms. The van der Waals surface area contributed by atoms with E-state index in [2.05, 4.69) is 0 Å². The molecular weight excluding hydrogens is 390 g/mol. The minimum absolute atomic E-state index is 0.406. The van der Waals surface area contributed by atoms with Crippen LogP contribution in [0.1, 0.15) is 30.4 Å². The highest BCUT2D eigenvalue weighted by atomic mass is 16.5. The molecule has 4 unspecified atom stereocenters. The maximum atomic E-state index is 14.1. The van der Waals surface area contributed by atoms with Crippen LogP contribution in [-0.4, -0.2) is 17.0 Å².